The molecule has 2 atom stereocenters. The molecule has 0 saturated heterocycles. The highest BCUT2D eigenvalue weighted by Crippen LogP contribution is 2.44. The van der Waals surface area contributed by atoms with E-state index in [1.807, 2.05) is 23.1 Å². The number of aliphatic hydroxyl groups is 1. The molecule has 1 saturated carbocycles. The Kier molecular flexibility index (Phi) is 4.44. The summed E-state index contributed by atoms with van der Waals surface area (Å²) in [7, 11) is 0. The summed E-state index contributed by atoms with van der Waals surface area (Å²) in [5.74, 6) is 0. The number of thiophene rings is 1. The average molecular weight is 326 g/mol. The van der Waals surface area contributed by atoms with Crippen molar-refractivity contribution >= 4 is 23.1 Å². The second-order valence-electron chi connectivity index (χ2n) is 7.65. The Bertz CT molecular complexity index is 487. The van der Waals surface area contributed by atoms with Crippen LogP contribution >= 0.6 is 23.1 Å². The molecule has 2 N–H and O–H groups in total. The Morgan fingerprint density at radius 1 is 1.29 bits per heavy atom. The van der Waals surface area contributed by atoms with Crippen LogP contribution in [0.1, 0.15) is 64.5 Å². The maximum absolute atomic E-state index is 10.8. The van der Waals surface area contributed by atoms with Crippen LogP contribution in [-0.4, -0.2) is 22.5 Å². The normalized spacial score (nSPS) is 30.9. The molecule has 0 aromatic carbocycles. The minimum Gasteiger partial charge on any atom is -0.389 e. The van der Waals surface area contributed by atoms with Crippen molar-refractivity contribution in [2.24, 2.45) is 5.41 Å². The molecule has 0 amide bonds. The average Bonchev–Trinajstić information content (AvgIpc) is 2.88. The van der Waals surface area contributed by atoms with Gasteiger partial charge in [0.05, 0.1) is 9.81 Å². The molecular formula is C17H27NOS2. The van der Waals surface area contributed by atoms with Crippen LogP contribution in [-0.2, 0) is 0 Å². The Hall–Kier alpha value is -0.0300. The van der Waals surface area contributed by atoms with E-state index in [9.17, 15) is 5.11 Å². The minimum absolute atomic E-state index is 0.406. The van der Waals surface area contributed by atoms with Crippen molar-refractivity contribution in [2.45, 2.75) is 74.0 Å². The maximum Gasteiger partial charge on any atom is 0.0772 e. The molecule has 1 aromatic heterocycles. The number of hydrogen-bond acceptors (Lipinski definition) is 4. The third-order valence-corrected chi connectivity index (χ3v) is 7.47. The van der Waals surface area contributed by atoms with Gasteiger partial charge in [-0.05, 0) is 54.5 Å². The van der Waals surface area contributed by atoms with Gasteiger partial charge in [-0.1, -0.05) is 20.8 Å². The van der Waals surface area contributed by atoms with E-state index in [1.54, 1.807) is 0 Å². The number of hydrogen-bond donors (Lipinski definition) is 2. The SMILES string of the molecule is C[C@H]1CC(NCC2(O)CCC(C)(C)CC2)c2ccsc2S1. The van der Waals surface area contributed by atoms with E-state index in [-0.39, 0.29) is 0 Å². The Balaban J connectivity index is 1.61. The smallest absolute Gasteiger partial charge is 0.0772 e. The molecule has 0 spiro atoms. The predicted molar refractivity (Wildman–Crippen MR) is 92.2 cm³/mol. The lowest BCUT2D eigenvalue weighted by molar-refractivity contribution is -0.0263. The zero-order chi connectivity index (χ0) is 15.1. The lowest BCUT2D eigenvalue weighted by atomic mass is 9.71. The first-order valence-corrected chi connectivity index (χ1v) is 9.83. The van der Waals surface area contributed by atoms with Gasteiger partial charge in [-0.25, -0.2) is 0 Å². The van der Waals surface area contributed by atoms with Gasteiger partial charge in [0, 0.05) is 17.8 Å². The van der Waals surface area contributed by atoms with E-state index in [0.29, 0.717) is 16.7 Å². The third kappa shape index (κ3) is 3.66. The first-order chi connectivity index (χ1) is 9.87. The zero-order valence-electron chi connectivity index (χ0n) is 13.3. The van der Waals surface area contributed by atoms with Gasteiger partial charge in [0.15, 0.2) is 0 Å². The zero-order valence-corrected chi connectivity index (χ0v) is 14.9. The van der Waals surface area contributed by atoms with E-state index in [0.717, 1.165) is 38.6 Å². The number of rotatable bonds is 3. The van der Waals surface area contributed by atoms with E-state index in [1.165, 1.54) is 9.77 Å². The largest absolute Gasteiger partial charge is 0.389 e. The van der Waals surface area contributed by atoms with Crippen LogP contribution in [0, 0.1) is 5.41 Å². The fourth-order valence-corrected chi connectivity index (χ4v) is 5.99. The molecule has 3 rings (SSSR count). The summed E-state index contributed by atoms with van der Waals surface area (Å²) in [5, 5.41) is 17.4. The van der Waals surface area contributed by atoms with Crippen molar-refractivity contribution in [1.82, 2.24) is 5.32 Å². The summed E-state index contributed by atoms with van der Waals surface area (Å²) in [6.45, 7) is 7.68. The lowest BCUT2D eigenvalue weighted by Crippen LogP contribution is -2.46. The van der Waals surface area contributed by atoms with E-state index >= 15 is 0 Å². The number of fused-ring (bicyclic) bond motifs is 1. The molecule has 0 radical (unpaired) electrons. The monoisotopic (exact) mass is 325 g/mol. The van der Waals surface area contributed by atoms with Crippen LogP contribution in [0.4, 0.5) is 0 Å². The highest BCUT2D eigenvalue weighted by molar-refractivity contribution is 8.01. The number of thioether (sulfide) groups is 1. The second-order valence-corrected chi connectivity index (χ2v) is 10.3. The molecular weight excluding hydrogens is 298 g/mol. The molecule has 2 nitrogen and oxygen atoms in total. The van der Waals surface area contributed by atoms with Gasteiger partial charge in [0.2, 0.25) is 0 Å². The van der Waals surface area contributed by atoms with Crippen LogP contribution in [0.5, 0.6) is 0 Å². The molecule has 1 aromatic rings. The summed E-state index contributed by atoms with van der Waals surface area (Å²) in [6, 6.07) is 2.67. The first kappa shape index (κ1) is 15.9. The van der Waals surface area contributed by atoms with Gasteiger partial charge in [0.1, 0.15) is 0 Å². The molecule has 2 aliphatic rings. The third-order valence-electron chi connectivity index (χ3n) is 5.12. The predicted octanol–water partition coefficient (Wildman–Crippen LogP) is 4.59. The van der Waals surface area contributed by atoms with Crippen molar-refractivity contribution in [3.8, 4) is 0 Å². The number of nitrogens with one attached hydrogen (secondary N) is 1. The van der Waals surface area contributed by atoms with Crippen LogP contribution in [0.15, 0.2) is 15.7 Å². The molecule has 4 heteroatoms. The minimum atomic E-state index is -0.500. The topological polar surface area (TPSA) is 32.3 Å². The van der Waals surface area contributed by atoms with E-state index in [4.69, 9.17) is 0 Å². The van der Waals surface area contributed by atoms with Gasteiger partial charge in [0.25, 0.3) is 0 Å². The van der Waals surface area contributed by atoms with E-state index < -0.39 is 5.60 Å². The lowest BCUT2D eigenvalue weighted by Gasteiger charge is -2.41. The summed E-state index contributed by atoms with van der Waals surface area (Å²) >= 11 is 3.85. The van der Waals surface area contributed by atoms with Gasteiger partial charge >= 0.3 is 0 Å². The van der Waals surface area contributed by atoms with Crippen LogP contribution in [0.2, 0.25) is 0 Å². The van der Waals surface area contributed by atoms with Gasteiger partial charge < -0.3 is 10.4 Å². The van der Waals surface area contributed by atoms with Crippen molar-refractivity contribution in [3.05, 3.63) is 17.0 Å². The van der Waals surface area contributed by atoms with Gasteiger partial charge in [-0.15, -0.1) is 23.1 Å². The highest BCUT2D eigenvalue weighted by atomic mass is 32.2. The Labute approximate surface area is 136 Å². The summed E-state index contributed by atoms with van der Waals surface area (Å²) in [4.78, 5) is 0. The molecule has 1 aliphatic carbocycles. The van der Waals surface area contributed by atoms with Crippen molar-refractivity contribution in [3.63, 3.8) is 0 Å². The van der Waals surface area contributed by atoms with Crippen molar-refractivity contribution in [2.75, 3.05) is 6.54 Å². The van der Waals surface area contributed by atoms with Gasteiger partial charge in [-0.2, -0.15) is 0 Å². The van der Waals surface area contributed by atoms with Gasteiger partial charge in [-0.3, -0.25) is 0 Å². The Morgan fingerprint density at radius 2 is 2.00 bits per heavy atom. The second kappa shape index (κ2) is 5.88. The molecule has 21 heavy (non-hydrogen) atoms. The van der Waals surface area contributed by atoms with Crippen LogP contribution in [0.3, 0.4) is 0 Å². The van der Waals surface area contributed by atoms with Crippen molar-refractivity contribution < 1.29 is 5.11 Å². The van der Waals surface area contributed by atoms with Crippen LogP contribution < -0.4 is 5.32 Å². The molecule has 1 unspecified atom stereocenters. The first-order valence-electron chi connectivity index (χ1n) is 8.07. The summed E-state index contributed by atoms with van der Waals surface area (Å²) in [6.07, 6.45) is 5.29. The summed E-state index contributed by atoms with van der Waals surface area (Å²) < 4.78 is 1.46. The molecule has 118 valence electrons. The molecule has 2 heterocycles. The molecule has 1 fully saturated rings. The fraction of sp³-hybridized carbons (Fsp3) is 0.765. The molecule has 0 bridgehead atoms. The van der Waals surface area contributed by atoms with E-state index in [2.05, 4.69) is 37.5 Å². The van der Waals surface area contributed by atoms with Crippen LogP contribution in [0.25, 0.3) is 0 Å². The molecule has 1 aliphatic heterocycles. The highest BCUT2D eigenvalue weighted by Gasteiger charge is 2.37. The van der Waals surface area contributed by atoms with Crippen molar-refractivity contribution in [1.29, 1.82) is 0 Å². The maximum atomic E-state index is 10.8. The Morgan fingerprint density at radius 3 is 2.71 bits per heavy atom. The standard InChI is InChI=1S/C17H27NOS2/c1-12-10-14(13-4-9-20-15(13)21-12)18-11-17(19)7-5-16(2,3)6-8-17/h4,9,12,14,18-19H,5-8,10-11H2,1-3H3/t12-,14?/m0/s1. The summed E-state index contributed by atoms with van der Waals surface area (Å²) in [5.41, 5.74) is 1.35. The quantitative estimate of drug-likeness (QED) is 0.852. The fourth-order valence-electron chi connectivity index (χ4n) is 3.42.